The summed E-state index contributed by atoms with van der Waals surface area (Å²) in [5, 5.41) is 0.106. The van der Waals surface area contributed by atoms with Gasteiger partial charge < -0.3 is 4.90 Å². The summed E-state index contributed by atoms with van der Waals surface area (Å²) in [6.45, 7) is 5.14. The second kappa shape index (κ2) is 10.2. The molecule has 0 aliphatic carbocycles. The predicted octanol–water partition coefficient (Wildman–Crippen LogP) is 2.16. The SMILES string of the molecule is CCN(C(=O)C(C)Sc1ccc(S(=O)(=O)N2CCCCCC2)cn1)C1CCS(=O)(=O)C1. The third-order valence-corrected chi connectivity index (χ3v) is 10.5. The van der Waals surface area contributed by atoms with E-state index >= 15 is 0 Å². The van der Waals surface area contributed by atoms with Gasteiger partial charge in [-0.25, -0.2) is 21.8 Å². The van der Waals surface area contributed by atoms with Gasteiger partial charge in [-0.3, -0.25) is 4.79 Å². The van der Waals surface area contributed by atoms with Crippen molar-refractivity contribution >= 4 is 37.5 Å². The van der Waals surface area contributed by atoms with Crippen molar-refractivity contribution in [2.75, 3.05) is 31.1 Å². The highest BCUT2D eigenvalue weighted by Gasteiger charge is 2.35. The second-order valence-electron chi connectivity index (χ2n) is 8.09. The Morgan fingerprint density at radius 3 is 2.45 bits per heavy atom. The molecule has 3 heterocycles. The molecule has 0 N–H and O–H groups in total. The van der Waals surface area contributed by atoms with Crippen LogP contribution < -0.4 is 0 Å². The summed E-state index contributed by atoms with van der Waals surface area (Å²) in [6, 6.07) is 2.91. The van der Waals surface area contributed by atoms with Gasteiger partial charge in [-0.05, 0) is 45.2 Å². The minimum atomic E-state index is -3.56. The van der Waals surface area contributed by atoms with E-state index in [1.54, 1.807) is 24.0 Å². The summed E-state index contributed by atoms with van der Waals surface area (Å²) >= 11 is 1.25. The van der Waals surface area contributed by atoms with Crippen molar-refractivity contribution in [3.05, 3.63) is 18.3 Å². The van der Waals surface area contributed by atoms with E-state index in [2.05, 4.69) is 4.98 Å². The molecule has 2 saturated heterocycles. The van der Waals surface area contributed by atoms with E-state index in [-0.39, 0.29) is 28.4 Å². The zero-order chi connectivity index (χ0) is 22.6. The van der Waals surface area contributed by atoms with Gasteiger partial charge in [0.1, 0.15) is 4.90 Å². The zero-order valence-corrected chi connectivity index (χ0v) is 20.5. The Morgan fingerprint density at radius 1 is 1.26 bits per heavy atom. The predicted molar refractivity (Wildman–Crippen MR) is 121 cm³/mol. The Morgan fingerprint density at radius 2 is 1.94 bits per heavy atom. The molecule has 2 fully saturated rings. The number of hydrogen-bond donors (Lipinski definition) is 0. The molecule has 11 heteroatoms. The Balaban J connectivity index is 1.65. The van der Waals surface area contributed by atoms with E-state index in [0.717, 1.165) is 25.7 Å². The molecule has 3 rings (SSSR count). The van der Waals surface area contributed by atoms with Crippen LogP contribution in [0.2, 0.25) is 0 Å². The van der Waals surface area contributed by atoms with Crippen LogP contribution in [0.3, 0.4) is 0 Å². The third-order valence-electron chi connectivity index (χ3n) is 5.83. The first kappa shape index (κ1) is 24.5. The highest BCUT2D eigenvalue weighted by atomic mass is 32.2. The lowest BCUT2D eigenvalue weighted by molar-refractivity contribution is -0.131. The van der Waals surface area contributed by atoms with Crippen molar-refractivity contribution in [1.82, 2.24) is 14.2 Å². The standard InChI is InChI=1S/C20H31N3O5S3/c1-3-23(17-10-13-30(25,26)15-17)20(24)16(2)29-19-9-8-18(14-21-19)31(27,28)22-11-6-4-5-7-12-22/h8-9,14,16-17H,3-7,10-13,15H2,1-2H3. The van der Waals surface area contributed by atoms with Gasteiger partial charge in [0.25, 0.3) is 0 Å². The van der Waals surface area contributed by atoms with Crippen LogP contribution in [-0.4, -0.2) is 79.4 Å². The fourth-order valence-corrected chi connectivity index (χ4v) is 8.15. The van der Waals surface area contributed by atoms with Gasteiger partial charge in [0, 0.05) is 31.9 Å². The largest absolute Gasteiger partial charge is 0.338 e. The molecule has 2 aliphatic rings. The number of aromatic nitrogens is 1. The Hall–Kier alpha value is -1.17. The molecule has 0 aromatic carbocycles. The quantitative estimate of drug-likeness (QED) is 0.541. The van der Waals surface area contributed by atoms with Gasteiger partial charge >= 0.3 is 0 Å². The molecule has 0 saturated carbocycles. The average molecular weight is 490 g/mol. The van der Waals surface area contributed by atoms with Crippen molar-refractivity contribution in [2.24, 2.45) is 0 Å². The second-order valence-corrected chi connectivity index (χ2v) is 13.6. The summed E-state index contributed by atoms with van der Waals surface area (Å²) in [4.78, 5) is 19.0. The summed E-state index contributed by atoms with van der Waals surface area (Å²) in [7, 11) is -6.63. The first-order valence-corrected chi connectivity index (χ1v) is 14.9. The van der Waals surface area contributed by atoms with E-state index in [9.17, 15) is 21.6 Å². The minimum absolute atomic E-state index is 0.0191. The lowest BCUT2D eigenvalue weighted by atomic mass is 10.2. The van der Waals surface area contributed by atoms with Gasteiger partial charge in [-0.15, -0.1) is 0 Å². The summed E-state index contributed by atoms with van der Waals surface area (Å²) in [5.74, 6) is 0.0145. The molecule has 1 amide bonds. The number of carbonyl (C=O) groups excluding carboxylic acids is 1. The van der Waals surface area contributed by atoms with Crippen LogP contribution in [-0.2, 0) is 24.7 Å². The van der Waals surface area contributed by atoms with Crippen LogP contribution in [0.1, 0.15) is 46.0 Å². The number of sulfonamides is 1. The monoisotopic (exact) mass is 489 g/mol. The molecule has 0 spiro atoms. The molecule has 0 radical (unpaired) electrons. The summed E-state index contributed by atoms with van der Waals surface area (Å²) in [6.07, 6.45) is 5.68. The molecule has 0 bridgehead atoms. The zero-order valence-electron chi connectivity index (χ0n) is 18.1. The maximum absolute atomic E-state index is 12.9. The third kappa shape index (κ3) is 6.00. The Bertz CT molecular complexity index is 972. The number of carbonyl (C=O) groups is 1. The van der Waals surface area contributed by atoms with Gasteiger partial charge in [0.2, 0.25) is 15.9 Å². The van der Waals surface area contributed by atoms with Gasteiger partial charge in [0.05, 0.1) is 21.8 Å². The van der Waals surface area contributed by atoms with Crippen molar-refractivity contribution in [2.45, 2.75) is 67.2 Å². The van der Waals surface area contributed by atoms with Crippen LogP contribution in [0.25, 0.3) is 0 Å². The lowest BCUT2D eigenvalue weighted by Crippen LogP contribution is -2.44. The van der Waals surface area contributed by atoms with Crippen molar-refractivity contribution < 1.29 is 21.6 Å². The molecule has 174 valence electrons. The highest BCUT2D eigenvalue weighted by molar-refractivity contribution is 8.00. The number of rotatable bonds is 7. The van der Waals surface area contributed by atoms with Crippen molar-refractivity contribution in [1.29, 1.82) is 0 Å². The number of nitrogens with zero attached hydrogens (tertiary/aromatic N) is 3. The van der Waals surface area contributed by atoms with Crippen LogP contribution in [0.5, 0.6) is 0 Å². The Labute approximate surface area is 189 Å². The lowest BCUT2D eigenvalue weighted by Gasteiger charge is -2.29. The molecule has 2 atom stereocenters. The fourth-order valence-electron chi connectivity index (χ4n) is 4.10. The molecular weight excluding hydrogens is 458 g/mol. The average Bonchev–Trinajstić information content (AvgIpc) is 2.93. The van der Waals surface area contributed by atoms with Gasteiger partial charge in [-0.1, -0.05) is 24.6 Å². The van der Waals surface area contributed by atoms with Gasteiger partial charge in [0.15, 0.2) is 9.84 Å². The Kier molecular flexibility index (Phi) is 8.04. The van der Waals surface area contributed by atoms with E-state index < -0.39 is 25.1 Å². The number of hydrogen-bond acceptors (Lipinski definition) is 7. The molecule has 31 heavy (non-hydrogen) atoms. The first-order valence-electron chi connectivity index (χ1n) is 10.8. The first-order chi connectivity index (χ1) is 14.6. The molecule has 1 aromatic heterocycles. The van der Waals surface area contributed by atoms with E-state index in [0.29, 0.717) is 31.1 Å². The number of amides is 1. The number of pyridine rings is 1. The minimum Gasteiger partial charge on any atom is -0.338 e. The number of sulfone groups is 1. The van der Waals surface area contributed by atoms with Crippen molar-refractivity contribution in [3.8, 4) is 0 Å². The van der Waals surface area contributed by atoms with Crippen molar-refractivity contribution in [3.63, 3.8) is 0 Å². The van der Waals surface area contributed by atoms with Crippen LogP contribution >= 0.6 is 11.8 Å². The molecule has 1 aromatic rings. The van der Waals surface area contributed by atoms with Gasteiger partial charge in [-0.2, -0.15) is 4.31 Å². The highest BCUT2D eigenvalue weighted by Crippen LogP contribution is 2.27. The normalized spacial score (nSPS) is 23.2. The molecule has 8 nitrogen and oxygen atoms in total. The molecule has 2 unspecified atom stereocenters. The maximum Gasteiger partial charge on any atom is 0.244 e. The van der Waals surface area contributed by atoms with E-state index in [4.69, 9.17) is 0 Å². The van der Waals surface area contributed by atoms with E-state index in [1.807, 2.05) is 6.92 Å². The molecular formula is C20H31N3O5S3. The van der Waals surface area contributed by atoms with Crippen LogP contribution in [0.4, 0.5) is 0 Å². The maximum atomic E-state index is 12.9. The van der Waals surface area contributed by atoms with E-state index in [1.165, 1.54) is 22.3 Å². The summed E-state index contributed by atoms with van der Waals surface area (Å²) in [5.41, 5.74) is 0. The fraction of sp³-hybridized carbons (Fsp3) is 0.700. The van der Waals surface area contributed by atoms with Crippen LogP contribution in [0, 0.1) is 0 Å². The molecule has 2 aliphatic heterocycles. The van der Waals surface area contributed by atoms with Crippen LogP contribution in [0.15, 0.2) is 28.3 Å². The topological polar surface area (TPSA) is 105 Å². The number of thioether (sulfide) groups is 1. The smallest absolute Gasteiger partial charge is 0.244 e. The summed E-state index contributed by atoms with van der Waals surface area (Å²) < 4.78 is 50.9.